The Labute approximate surface area is 149 Å². The fourth-order valence-electron chi connectivity index (χ4n) is 2.99. The van der Waals surface area contributed by atoms with E-state index in [1.165, 1.54) is 21.5 Å². The molecule has 0 aliphatic carbocycles. The summed E-state index contributed by atoms with van der Waals surface area (Å²) >= 11 is 0. The van der Waals surface area contributed by atoms with Crippen LogP contribution in [-0.4, -0.2) is 4.98 Å². The smallest absolute Gasteiger partial charge is 0.0708 e. The summed E-state index contributed by atoms with van der Waals surface area (Å²) in [6.45, 7) is 0. The lowest BCUT2D eigenvalue weighted by molar-refractivity contribution is 1.33. The fraction of sp³-hybridized carbons (Fsp3) is 0. The Bertz CT molecular complexity index is 898. The summed E-state index contributed by atoms with van der Waals surface area (Å²) < 4.78 is 0. The number of benzene rings is 3. The maximum absolute atomic E-state index is 4.59. The van der Waals surface area contributed by atoms with E-state index in [1.54, 1.807) is 0 Å². The minimum absolute atomic E-state index is 0.630. The standard InChI is InChI=1S/C23H18NP/c1-3-11-19(12-4-1)25(20-13-5-2-6-14-20)23-17-8-7-15-21(23)22-16-9-10-18-24-22/h1-18H. The van der Waals surface area contributed by atoms with Crippen molar-refractivity contribution >= 4 is 23.8 Å². The van der Waals surface area contributed by atoms with Gasteiger partial charge in [-0.15, -0.1) is 0 Å². The van der Waals surface area contributed by atoms with Crippen LogP contribution < -0.4 is 15.9 Å². The van der Waals surface area contributed by atoms with Crippen molar-refractivity contribution in [3.05, 3.63) is 109 Å². The highest BCUT2D eigenvalue weighted by Gasteiger charge is 2.19. The lowest BCUT2D eigenvalue weighted by Gasteiger charge is -2.22. The van der Waals surface area contributed by atoms with Crippen molar-refractivity contribution in [3.8, 4) is 11.3 Å². The molecule has 0 atom stereocenters. The highest BCUT2D eigenvalue weighted by atomic mass is 31.1. The maximum atomic E-state index is 4.59. The van der Waals surface area contributed by atoms with Gasteiger partial charge in [-0.05, 0) is 36.0 Å². The zero-order valence-electron chi connectivity index (χ0n) is 13.8. The molecule has 0 N–H and O–H groups in total. The SMILES string of the molecule is c1ccc(P(c2ccccc2)c2ccccc2-c2ccccn2)cc1. The molecule has 1 aromatic heterocycles. The molecule has 0 aliphatic rings. The Hall–Kier alpha value is -2.76. The second kappa shape index (κ2) is 7.42. The molecule has 25 heavy (non-hydrogen) atoms. The topological polar surface area (TPSA) is 12.9 Å². The summed E-state index contributed by atoms with van der Waals surface area (Å²) in [4.78, 5) is 4.59. The number of hydrogen-bond donors (Lipinski definition) is 0. The molecule has 3 aromatic carbocycles. The summed E-state index contributed by atoms with van der Waals surface area (Å²) in [5.41, 5.74) is 2.24. The Morgan fingerprint density at radius 3 is 1.68 bits per heavy atom. The minimum atomic E-state index is -0.630. The molecule has 0 fully saturated rings. The number of rotatable bonds is 4. The molecule has 1 nitrogen and oxygen atoms in total. The molecular formula is C23H18NP. The molecule has 1 heterocycles. The second-order valence-corrected chi connectivity index (χ2v) is 7.92. The minimum Gasteiger partial charge on any atom is -0.256 e. The Morgan fingerprint density at radius 2 is 1.08 bits per heavy atom. The molecular weight excluding hydrogens is 321 g/mol. The van der Waals surface area contributed by atoms with E-state index in [0.717, 1.165) is 5.69 Å². The molecule has 120 valence electrons. The summed E-state index contributed by atoms with van der Waals surface area (Å²) in [5.74, 6) is 0. The van der Waals surface area contributed by atoms with E-state index in [1.807, 2.05) is 18.3 Å². The van der Waals surface area contributed by atoms with Gasteiger partial charge in [-0.25, -0.2) is 0 Å². The van der Waals surface area contributed by atoms with Crippen molar-refractivity contribution in [1.29, 1.82) is 0 Å². The lowest BCUT2D eigenvalue weighted by atomic mass is 10.1. The van der Waals surface area contributed by atoms with Crippen LogP contribution in [0.3, 0.4) is 0 Å². The largest absolute Gasteiger partial charge is 0.256 e. The Balaban J connectivity index is 1.93. The van der Waals surface area contributed by atoms with Gasteiger partial charge in [-0.2, -0.15) is 0 Å². The van der Waals surface area contributed by atoms with E-state index in [0.29, 0.717) is 0 Å². The summed E-state index contributed by atoms with van der Waals surface area (Å²) in [6.07, 6.45) is 1.86. The third-order valence-corrected chi connectivity index (χ3v) is 6.62. The van der Waals surface area contributed by atoms with Crippen LogP contribution in [0.15, 0.2) is 109 Å². The van der Waals surface area contributed by atoms with Gasteiger partial charge in [0.15, 0.2) is 0 Å². The van der Waals surface area contributed by atoms with Crippen LogP contribution in [0, 0.1) is 0 Å². The van der Waals surface area contributed by atoms with E-state index in [9.17, 15) is 0 Å². The molecule has 0 bridgehead atoms. The Kier molecular flexibility index (Phi) is 4.68. The van der Waals surface area contributed by atoms with E-state index in [2.05, 4.69) is 96.0 Å². The van der Waals surface area contributed by atoms with E-state index < -0.39 is 7.92 Å². The van der Waals surface area contributed by atoms with Gasteiger partial charge in [0.1, 0.15) is 0 Å². The Morgan fingerprint density at radius 1 is 0.520 bits per heavy atom. The van der Waals surface area contributed by atoms with Crippen LogP contribution in [0.5, 0.6) is 0 Å². The lowest BCUT2D eigenvalue weighted by Crippen LogP contribution is -2.22. The van der Waals surface area contributed by atoms with Crippen LogP contribution in [0.1, 0.15) is 0 Å². The van der Waals surface area contributed by atoms with Crippen molar-refractivity contribution in [2.45, 2.75) is 0 Å². The van der Waals surface area contributed by atoms with Gasteiger partial charge in [0, 0.05) is 11.8 Å². The van der Waals surface area contributed by atoms with E-state index in [-0.39, 0.29) is 0 Å². The average Bonchev–Trinajstić information content (AvgIpc) is 2.71. The molecule has 0 spiro atoms. The predicted octanol–water partition coefficient (Wildman–Crippen LogP) is 4.51. The van der Waals surface area contributed by atoms with Crippen LogP contribution in [0.2, 0.25) is 0 Å². The monoisotopic (exact) mass is 339 g/mol. The van der Waals surface area contributed by atoms with Gasteiger partial charge in [-0.1, -0.05) is 91.0 Å². The number of aromatic nitrogens is 1. The van der Waals surface area contributed by atoms with Crippen molar-refractivity contribution in [3.63, 3.8) is 0 Å². The maximum Gasteiger partial charge on any atom is 0.0708 e. The van der Waals surface area contributed by atoms with Gasteiger partial charge in [-0.3, -0.25) is 4.98 Å². The molecule has 0 unspecified atom stereocenters. The van der Waals surface area contributed by atoms with Crippen LogP contribution >= 0.6 is 7.92 Å². The molecule has 0 amide bonds. The van der Waals surface area contributed by atoms with Crippen LogP contribution in [0.25, 0.3) is 11.3 Å². The first kappa shape index (κ1) is 15.7. The van der Waals surface area contributed by atoms with Crippen LogP contribution in [-0.2, 0) is 0 Å². The molecule has 4 rings (SSSR count). The first-order valence-corrected chi connectivity index (χ1v) is 9.68. The molecule has 4 aromatic rings. The van der Waals surface area contributed by atoms with Gasteiger partial charge in [0.05, 0.1) is 5.69 Å². The van der Waals surface area contributed by atoms with E-state index >= 15 is 0 Å². The first-order valence-electron chi connectivity index (χ1n) is 8.34. The molecule has 2 heteroatoms. The van der Waals surface area contributed by atoms with Crippen molar-refractivity contribution < 1.29 is 0 Å². The molecule has 0 saturated carbocycles. The number of hydrogen-bond acceptors (Lipinski definition) is 1. The zero-order chi connectivity index (χ0) is 16.9. The summed E-state index contributed by atoms with van der Waals surface area (Å²) in [7, 11) is -0.630. The highest BCUT2D eigenvalue weighted by Crippen LogP contribution is 2.36. The third-order valence-electron chi connectivity index (χ3n) is 4.11. The molecule has 0 radical (unpaired) electrons. The van der Waals surface area contributed by atoms with Crippen molar-refractivity contribution in [2.75, 3.05) is 0 Å². The van der Waals surface area contributed by atoms with Gasteiger partial charge < -0.3 is 0 Å². The normalized spacial score (nSPS) is 10.8. The first-order chi connectivity index (χ1) is 12.4. The highest BCUT2D eigenvalue weighted by molar-refractivity contribution is 7.80. The number of nitrogens with zero attached hydrogens (tertiary/aromatic N) is 1. The van der Waals surface area contributed by atoms with Gasteiger partial charge >= 0.3 is 0 Å². The summed E-state index contributed by atoms with van der Waals surface area (Å²) in [6, 6.07) is 36.3. The molecule has 0 saturated heterocycles. The third kappa shape index (κ3) is 3.38. The average molecular weight is 339 g/mol. The van der Waals surface area contributed by atoms with Crippen LogP contribution in [0.4, 0.5) is 0 Å². The zero-order valence-corrected chi connectivity index (χ0v) is 14.7. The number of pyridine rings is 1. The summed E-state index contributed by atoms with van der Waals surface area (Å²) in [5, 5.41) is 4.05. The van der Waals surface area contributed by atoms with Gasteiger partial charge in [0.2, 0.25) is 0 Å². The van der Waals surface area contributed by atoms with Crippen molar-refractivity contribution in [2.24, 2.45) is 0 Å². The second-order valence-electron chi connectivity index (χ2n) is 5.74. The fourth-order valence-corrected chi connectivity index (χ4v) is 5.45. The quantitative estimate of drug-likeness (QED) is 0.499. The predicted molar refractivity (Wildman–Crippen MR) is 108 cm³/mol. The van der Waals surface area contributed by atoms with Gasteiger partial charge in [0.25, 0.3) is 0 Å². The van der Waals surface area contributed by atoms with E-state index in [4.69, 9.17) is 0 Å². The molecule has 0 aliphatic heterocycles. The van der Waals surface area contributed by atoms with Crippen molar-refractivity contribution in [1.82, 2.24) is 4.98 Å².